The topological polar surface area (TPSA) is 42.4 Å². The minimum atomic E-state index is -0.894. The molecule has 0 aliphatic heterocycles. The molecule has 24 heavy (non-hydrogen) atoms. The number of hydrogen-bond donors (Lipinski definition) is 1. The summed E-state index contributed by atoms with van der Waals surface area (Å²) in [6.07, 6.45) is 5.60. The number of pyridine rings is 1. The molecule has 1 aromatic heterocycles. The van der Waals surface area contributed by atoms with Gasteiger partial charge in [0.2, 0.25) is 0 Å². The van der Waals surface area contributed by atoms with Crippen LogP contribution in [0.1, 0.15) is 19.4 Å². The van der Waals surface area contributed by atoms with Gasteiger partial charge in [-0.2, -0.15) is 0 Å². The van der Waals surface area contributed by atoms with Crippen LogP contribution in [0.4, 0.5) is 0 Å². The zero-order chi connectivity index (χ0) is 17.2. The maximum absolute atomic E-state index is 10.1. The van der Waals surface area contributed by atoms with E-state index in [1.54, 1.807) is 27.0 Å². The van der Waals surface area contributed by atoms with Gasteiger partial charge in [-0.05, 0) is 31.4 Å². The molecule has 0 amide bonds. The van der Waals surface area contributed by atoms with E-state index in [9.17, 15) is 5.11 Å². The van der Waals surface area contributed by atoms with Gasteiger partial charge in [-0.3, -0.25) is 4.98 Å². The first-order valence-corrected chi connectivity index (χ1v) is 7.92. The van der Waals surface area contributed by atoms with Gasteiger partial charge in [0.15, 0.2) is 0 Å². The number of benzene rings is 2. The van der Waals surface area contributed by atoms with Gasteiger partial charge in [-0.15, -0.1) is 0 Å². The molecule has 3 nitrogen and oxygen atoms in total. The van der Waals surface area contributed by atoms with E-state index in [1.165, 1.54) is 0 Å². The second kappa shape index (κ2) is 6.46. The summed E-state index contributed by atoms with van der Waals surface area (Å²) in [4.78, 5) is 4.67. The molecule has 0 fully saturated rings. The average molecular weight is 319 g/mol. The van der Waals surface area contributed by atoms with Gasteiger partial charge < -0.3 is 9.84 Å². The van der Waals surface area contributed by atoms with E-state index >= 15 is 0 Å². The Morgan fingerprint density at radius 1 is 1.04 bits per heavy atom. The van der Waals surface area contributed by atoms with Crippen molar-refractivity contribution in [3.63, 3.8) is 0 Å². The first kappa shape index (κ1) is 16.2. The highest BCUT2D eigenvalue weighted by Crippen LogP contribution is 2.34. The summed E-state index contributed by atoms with van der Waals surface area (Å²) in [5, 5.41) is 12.2. The number of hydrogen-bond acceptors (Lipinski definition) is 3. The molecular formula is C21H21NO2. The van der Waals surface area contributed by atoms with Crippen molar-refractivity contribution in [1.82, 2.24) is 4.98 Å². The molecular weight excluding hydrogens is 298 g/mol. The Balaban J connectivity index is 2.30. The third kappa shape index (κ3) is 3.31. The number of aliphatic hydroxyl groups is 1. The van der Waals surface area contributed by atoms with Crippen LogP contribution in [0.25, 0.3) is 28.1 Å². The Morgan fingerprint density at radius 2 is 1.75 bits per heavy atom. The quantitative estimate of drug-likeness (QED) is 0.758. The molecule has 3 heteroatoms. The lowest BCUT2D eigenvalue weighted by Crippen LogP contribution is -2.13. The summed E-state index contributed by atoms with van der Waals surface area (Å²) < 4.78 is 5.50. The van der Waals surface area contributed by atoms with Gasteiger partial charge in [0, 0.05) is 22.7 Å². The number of ether oxygens (including phenoxy) is 1. The fraction of sp³-hybridized carbons (Fsp3) is 0.190. The van der Waals surface area contributed by atoms with Crippen molar-refractivity contribution in [2.45, 2.75) is 19.4 Å². The number of fused-ring (bicyclic) bond motifs is 1. The van der Waals surface area contributed by atoms with Crippen molar-refractivity contribution in [3.8, 4) is 17.0 Å². The molecule has 0 atom stereocenters. The number of aromatic nitrogens is 1. The molecule has 1 N–H and O–H groups in total. The molecule has 3 rings (SSSR count). The summed E-state index contributed by atoms with van der Waals surface area (Å²) in [5.74, 6) is 0.776. The summed E-state index contributed by atoms with van der Waals surface area (Å²) >= 11 is 0. The van der Waals surface area contributed by atoms with Crippen molar-refractivity contribution < 1.29 is 9.84 Å². The standard InChI is InChI=1S/C21H21NO2/c1-21(2,23)13-12-17-16-9-5-4-8-15(16)14-22-20(17)18-10-6-7-11-19(18)24-3/h4-14,23H,1-3H3/b13-12+. The van der Waals surface area contributed by atoms with Crippen molar-refractivity contribution >= 4 is 16.8 Å². The minimum Gasteiger partial charge on any atom is -0.496 e. The molecule has 0 saturated heterocycles. The number of methoxy groups -OCH3 is 1. The highest BCUT2D eigenvalue weighted by Gasteiger charge is 2.14. The van der Waals surface area contributed by atoms with E-state index in [2.05, 4.69) is 11.1 Å². The van der Waals surface area contributed by atoms with Crippen molar-refractivity contribution in [3.05, 3.63) is 66.4 Å². The van der Waals surface area contributed by atoms with Gasteiger partial charge >= 0.3 is 0 Å². The third-order valence-electron chi connectivity index (χ3n) is 3.86. The highest BCUT2D eigenvalue weighted by molar-refractivity contribution is 5.96. The van der Waals surface area contributed by atoms with Crippen LogP contribution in [0, 0.1) is 0 Å². The van der Waals surface area contributed by atoms with Crippen molar-refractivity contribution in [2.75, 3.05) is 7.11 Å². The number of nitrogens with zero attached hydrogens (tertiary/aromatic N) is 1. The molecule has 122 valence electrons. The predicted octanol–water partition coefficient (Wildman–Crippen LogP) is 4.69. The maximum atomic E-state index is 10.1. The van der Waals surface area contributed by atoms with Crippen LogP contribution in [0.3, 0.4) is 0 Å². The Morgan fingerprint density at radius 3 is 2.50 bits per heavy atom. The van der Waals surface area contributed by atoms with E-state index in [4.69, 9.17) is 4.74 Å². The molecule has 0 aliphatic rings. The Kier molecular flexibility index (Phi) is 4.36. The summed E-state index contributed by atoms with van der Waals surface area (Å²) in [6.45, 7) is 3.51. The number of para-hydroxylation sites is 1. The van der Waals surface area contributed by atoms with Crippen LogP contribution in [-0.2, 0) is 0 Å². The van der Waals surface area contributed by atoms with Gasteiger partial charge in [0.05, 0.1) is 18.4 Å². The van der Waals surface area contributed by atoms with Crippen LogP contribution in [0.15, 0.2) is 60.8 Å². The largest absolute Gasteiger partial charge is 0.496 e. The molecule has 0 unspecified atom stereocenters. The van der Waals surface area contributed by atoms with Crippen LogP contribution < -0.4 is 4.74 Å². The molecule has 3 aromatic rings. The van der Waals surface area contributed by atoms with Gasteiger partial charge in [0.25, 0.3) is 0 Å². The SMILES string of the molecule is COc1ccccc1-c1ncc2ccccc2c1/C=C/C(C)(C)O. The number of rotatable bonds is 4. The molecule has 0 saturated carbocycles. The summed E-state index contributed by atoms with van der Waals surface area (Å²) in [5.41, 5.74) is 1.85. The van der Waals surface area contributed by atoms with Gasteiger partial charge in [0.1, 0.15) is 5.75 Å². The van der Waals surface area contributed by atoms with E-state index in [0.717, 1.165) is 33.3 Å². The Bertz CT molecular complexity index is 892. The molecule has 0 spiro atoms. The van der Waals surface area contributed by atoms with Crippen molar-refractivity contribution in [2.24, 2.45) is 0 Å². The first-order chi connectivity index (χ1) is 11.5. The van der Waals surface area contributed by atoms with Crippen molar-refractivity contribution in [1.29, 1.82) is 0 Å². The van der Waals surface area contributed by atoms with E-state index < -0.39 is 5.60 Å². The first-order valence-electron chi connectivity index (χ1n) is 7.92. The predicted molar refractivity (Wildman–Crippen MR) is 99.1 cm³/mol. The smallest absolute Gasteiger partial charge is 0.128 e. The fourth-order valence-corrected chi connectivity index (χ4v) is 2.70. The lowest BCUT2D eigenvalue weighted by molar-refractivity contribution is 0.134. The Labute approximate surface area is 142 Å². The molecule has 1 heterocycles. The van der Waals surface area contributed by atoms with Crippen LogP contribution in [0.5, 0.6) is 5.75 Å². The molecule has 0 radical (unpaired) electrons. The molecule has 2 aromatic carbocycles. The van der Waals surface area contributed by atoms with Gasteiger partial charge in [-0.1, -0.05) is 48.6 Å². The van der Waals surface area contributed by atoms with Crippen LogP contribution in [-0.4, -0.2) is 22.8 Å². The second-order valence-corrected chi connectivity index (χ2v) is 6.30. The summed E-state index contributed by atoms with van der Waals surface area (Å²) in [7, 11) is 1.66. The summed E-state index contributed by atoms with van der Waals surface area (Å²) in [6, 6.07) is 15.9. The molecule has 0 bridgehead atoms. The van der Waals surface area contributed by atoms with E-state index in [0.29, 0.717) is 0 Å². The van der Waals surface area contributed by atoms with E-state index in [1.807, 2.05) is 54.7 Å². The average Bonchev–Trinajstić information content (AvgIpc) is 2.58. The molecule has 0 aliphatic carbocycles. The van der Waals surface area contributed by atoms with Gasteiger partial charge in [-0.25, -0.2) is 0 Å². The maximum Gasteiger partial charge on any atom is 0.128 e. The normalized spacial score (nSPS) is 12.0. The van der Waals surface area contributed by atoms with Crippen LogP contribution >= 0.6 is 0 Å². The third-order valence-corrected chi connectivity index (χ3v) is 3.86. The fourth-order valence-electron chi connectivity index (χ4n) is 2.70. The monoisotopic (exact) mass is 319 g/mol. The van der Waals surface area contributed by atoms with E-state index in [-0.39, 0.29) is 0 Å². The Hall–Kier alpha value is -2.65. The zero-order valence-electron chi connectivity index (χ0n) is 14.2. The van der Waals surface area contributed by atoms with Crippen LogP contribution in [0.2, 0.25) is 0 Å². The highest BCUT2D eigenvalue weighted by atomic mass is 16.5. The second-order valence-electron chi connectivity index (χ2n) is 6.30. The minimum absolute atomic E-state index is 0.776. The lowest BCUT2D eigenvalue weighted by Gasteiger charge is -2.14. The zero-order valence-corrected chi connectivity index (χ0v) is 14.2. The lowest BCUT2D eigenvalue weighted by atomic mass is 9.97.